The predicted molar refractivity (Wildman–Crippen MR) is 121 cm³/mol. The molecule has 2 heterocycles. The zero-order valence-electron chi connectivity index (χ0n) is 15.2. The molecular weight excluding hydrogens is 459 g/mol. The van der Waals surface area contributed by atoms with Crippen molar-refractivity contribution < 1.29 is 4.74 Å². The molecule has 1 saturated heterocycles. The fourth-order valence-corrected chi connectivity index (χ4v) is 4.42. The van der Waals surface area contributed by atoms with Crippen LogP contribution in [-0.4, -0.2) is 38.1 Å². The third-order valence-corrected chi connectivity index (χ3v) is 5.64. The van der Waals surface area contributed by atoms with Crippen LogP contribution in [0, 0.1) is 5.92 Å². The molecule has 1 aliphatic rings. The average molecular weight is 486 g/mol. The van der Waals surface area contributed by atoms with Crippen LogP contribution >= 0.6 is 35.3 Å². The topological polar surface area (TPSA) is 62.9 Å². The van der Waals surface area contributed by atoms with Crippen LogP contribution in [0.4, 0.5) is 5.69 Å². The Morgan fingerprint density at radius 2 is 2.12 bits per heavy atom. The summed E-state index contributed by atoms with van der Waals surface area (Å²) in [5, 5.41) is 5.31. The van der Waals surface area contributed by atoms with Crippen LogP contribution in [0.3, 0.4) is 0 Å². The lowest BCUT2D eigenvalue weighted by atomic mass is 9.88. The summed E-state index contributed by atoms with van der Waals surface area (Å²) in [6.45, 7) is 1.88. The zero-order chi connectivity index (χ0) is 17.6. The summed E-state index contributed by atoms with van der Waals surface area (Å²) >= 11 is 1.83. The first-order valence-corrected chi connectivity index (χ1v) is 9.50. The van der Waals surface area contributed by atoms with Crippen molar-refractivity contribution in [1.82, 2.24) is 4.90 Å². The second kappa shape index (κ2) is 10.1. The van der Waals surface area contributed by atoms with Gasteiger partial charge in [0.15, 0.2) is 5.96 Å². The molecule has 3 rings (SSSR count). The molecule has 5 nitrogen and oxygen atoms in total. The van der Waals surface area contributed by atoms with Gasteiger partial charge in [0, 0.05) is 23.2 Å². The van der Waals surface area contributed by atoms with Gasteiger partial charge < -0.3 is 15.8 Å². The van der Waals surface area contributed by atoms with E-state index in [-0.39, 0.29) is 24.0 Å². The SMILES string of the molecule is COc1ccc(NC(N)=NCC2CCCN(C)C2c2cccs2)cc1.I. The van der Waals surface area contributed by atoms with Crippen LogP contribution in [0.25, 0.3) is 0 Å². The normalized spacial score (nSPS) is 21.1. The number of nitrogens with two attached hydrogens (primary N) is 1. The average Bonchev–Trinajstić information content (AvgIpc) is 3.15. The van der Waals surface area contributed by atoms with Gasteiger partial charge in [0.1, 0.15) is 5.75 Å². The second-order valence-corrected chi connectivity index (χ2v) is 7.40. The summed E-state index contributed by atoms with van der Waals surface area (Å²) in [4.78, 5) is 8.48. The lowest BCUT2D eigenvalue weighted by Crippen LogP contribution is -2.37. The van der Waals surface area contributed by atoms with E-state index in [4.69, 9.17) is 10.5 Å². The Kier molecular flexibility index (Phi) is 8.17. The number of rotatable bonds is 5. The van der Waals surface area contributed by atoms with E-state index < -0.39 is 0 Å². The Morgan fingerprint density at radius 3 is 2.77 bits per heavy atom. The minimum Gasteiger partial charge on any atom is -0.497 e. The fraction of sp³-hybridized carbons (Fsp3) is 0.421. The minimum atomic E-state index is 0. The van der Waals surface area contributed by atoms with E-state index in [2.05, 4.69) is 39.8 Å². The molecule has 1 aromatic carbocycles. The van der Waals surface area contributed by atoms with Crippen LogP contribution in [-0.2, 0) is 0 Å². The Hall–Kier alpha value is -1.32. The van der Waals surface area contributed by atoms with Crippen molar-refractivity contribution in [1.29, 1.82) is 0 Å². The number of nitrogens with one attached hydrogen (secondary N) is 1. The second-order valence-electron chi connectivity index (χ2n) is 6.42. The quantitative estimate of drug-likeness (QED) is 0.378. The molecule has 2 unspecified atom stereocenters. The van der Waals surface area contributed by atoms with E-state index in [0.717, 1.165) is 24.5 Å². The van der Waals surface area contributed by atoms with Crippen molar-refractivity contribution in [3.63, 3.8) is 0 Å². The maximum atomic E-state index is 6.09. The van der Waals surface area contributed by atoms with Gasteiger partial charge >= 0.3 is 0 Å². The van der Waals surface area contributed by atoms with Crippen molar-refractivity contribution >= 4 is 47.0 Å². The molecule has 26 heavy (non-hydrogen) atoms. The number of guanidine groups is 1. The Labute approximate surface area is 176 Å². The number of hydrogen-bond donors (Lipinski definition) is 2. The van der Waals surface area contributed by atoms with Gasteiger partial charge in [0.05, 0.1) is 7.11 Å². The molecule has 2 aromatic rings. The van der Waals surface area contributed by atoms with Crippen LogP contribution in [0.5, 0.6) is 5.75 Å². The number of halogens is 1. The molecule has 0 amide bonds. The number of nitrogens with zero attached hydrogens (tertiary/aromatic N) is 2. The maximum absolute atomic E-state index is 6.09. The highest BCUT2D eigenvalue weighted by Gasteiger charge is 2.30. The van der Waals surface area contributed by atoms with E-state index in [1.54, 1.807) is 7.11 Å². The number of ether oxygens (including phenoxy) is 1. The molecule has 0 saturated carbocycles. The van der Waals surface area contributed by atoms with Gasteiger partial charge in [-0.2, -0.15) is 0 Å². The molecule has 0 spiro atoms. The molecule has 1 aromatic heterocycles. The van der Waals surface area contributed by atoms with Gasteiger partial charge in [0.2, 0.25) is 0 Å². The van der Waals surface area contributed by atoms with Crippen molar-refractivity contribution in [3.8, 4) is 5.75 Å². The lowest BCUT2D eigenvalue weighted by molar-refractivity contribution is 0.128. The van der Waals surface area contributed by atoms with Crippen molar-refractivity contribution in [3.05, 3.63) is 46.7 Å². The highest BCUT2D eigenvalue weighted by molar-refractivity contribution is 14.0. The first kappa shape index (κ1) is 21.0. The van der Waals surface area contributed by atoms with Gasteiger partial charge in [-0.1, -0.05) is 6.07 Å². The number of piperidine rings is 1. The molecule has 0 aliphatic carbocycles. The maximum Gasteiger partial charge on any atom is 0.193 e. The highest BCUT2D eigenvalue weighted by atomic mass is 127. The van der Waals surface area contributed by atoms with Gasteiger partial charge in [-0.15, -0.1) is 35.3 Å². The first-order valence-electron chi connectivity index (χ1n) is 8.62. The van der Waals surface area contributed by atoms with E-state index in [0.29, 0.717) is 17.9 Å². The monoisotopic (exact) mass is 486 g/mol. The third-order valence-electron chi connectivity index (χ3n) is 4.70. The van der Waals surface area contributed by atoms with E-state index >= 15 is 0 Å². The first-order chi connectivity index (χ1) is 12.2. The summed E-state index contributed by atoms with van der Waals surface area (Å²) in [6.07, 6.45) is 2.40. The van der Waals surface area contributed by atoms with Crippen LogP contribution in [0.15, 0.2) is 46.8 Å². The molecule has 1 fully saturated rings. The van der Waals surface area contributed by atoms with Crippen molar-refractivity contribution in [2.24, 2.45) is 16.6 Å². The Bertz CT molecular complexity index is 690. The highest BCUT2D eigenvalue weighted by Crippen LogP contribution is 2.37. The molecule has 1 aliphatic heterocycles. The lowest BCUT2D eigenvalue weighted by Gasteiger charge is -2.38. The molecule has 2 atom stereocenters. The van der Waals surface area contributed by atoms with Gasteiger partial charge in [-0.25, -0.2) is 0 Å². The summed E-state index contributed by atoms with van der Waals surface area (Å²) in [7, 11) is 3.86. The summed E-state index contributed by atoms with van der Waals surface area (Å²) < 4.78 is 5.17. The van der Waals surface area contributed by atoms with Gasteiger partial charge in [-0.3, -0.25) is 9.89 Å². The third kappa shape index (κ3) is 5.34. The smallest absolute Gasteiger partial charge is 0.193 e. The Balaban J connectivity index is 0.00000243. The van der Waals surface area contributed by atoms with Crippen molar-refractivity contribution in [2.45, 2.75) is 18.9 Å². The number of benzene rings is 1. The minimum absolute atomic E-state index is 0. The molecule has 3 N–H and O–H groups in total. The molecule has 0 bridgehead atoms. The van der Waals surface area contributed by atoms with Crippen LogP contribution in [0.1, 0.15) is 23.8 Å². The molecule has 7 heteroatoms. The number of aliphatic imine (C=N–C) groups is 1. The number of thiophene rings is 1. The number of likely N-dealkylation sites (tertiary alicyclic amines) is 1. The number of hydrogen-bond acceptors (Lipinski definition) is 4. The van der Waals surface area contributed by atoms with Crippen LogP contribution in [0.2, 0.25) is 0 Å². The Morgan fingerprint density at radius 1 is 1.35 bits per heavy atom. The standard InChI is InChI=1S/C19H26N4OS.HI/c1-23-11-3-5-14(18(23)17-6-4-12-25-17)13-21-19(20)22-15-7-9-16(24-2)10-8-15;/h4,6-10,12,14,18H,3,5,11,13H2,1-2H3,(H3,20,21,22);1H. The van der Waals surface area contributed by atoms with E-state index in [9.17, 15) is 0 Å². The predicted octanol–water partition coefficient (Wildman–Crippen LogP) is 4.18. The van der Waals surface area contributed by atoms with E-state index in [1.807, 2.05) is 35.6 Å². The summed E-state index contributed by atoms with van der Waals surface area (Å²) in [6, 6.07) is 12.5. The molecule has 0 radical (unpaired) electrons. The van der Waals surface area contributed by atoms with Gasteiger partial charge in [0.25, 0.3) is 0 Å². The number of methoxy groups -OCH3 is 1. The van der Waals surface area contributed by atoms with E-state index in [1.165, 1.54) is 17.7 Å². The van der Waals surface area contributed by atoms with Crippen molar-refractivity contribution in [2.75, 3.05) is 32.6 Å². The van der Waals surface area contributed by atoms with Gasteiger partial charge in [-0.05, 0) is 68.1 Å². The summed E-state index contributed by atoms with van der Waals surface area (Å²) in [5.74, 6) is 1.78. The summed E-state index contributed by atoms with van der Waals surface area (Å²) in [5.41, 5.74) is 7.00. The fourth-order valence-electron chi connectivity index (χ4n) is 3.44. The molecular formula is C19H27IN4OS. The zero-order valence-corrected chi connectivity index (χ0v) is 18.4. The molecule has 142 valence electrons. The van der Waals surface area contributed by atoms with Crippen LogP contribution < -0.4 is 15.8 Å². The number of anilines is 1. The largest absolute Gasteiger partial charge is 0.497 e.